The lowest BCUT2D eigenvalue weighted by Crippen LogP contribution is -2.26. The van der Waals surface area contributed by atoms with Gasteiger partial charge in [0.1, 0.15) is 5.75 Å². The number of hydrogen-bond acceptors (Lipinski definition) is 2. The molecule has 0 amide bonds. The largest absolute Gasteiger partial charge is 0.494 e. The van der Waals surface area contributed by atoms with Crippen LogP contribution in [0.1, 0.15) is 44.2 Å². The average Bonchev–Trinajstić information content (AvgIpc) is 2.36. The minimum atomic E-state index is 0.591. The van der Waals surface area contributed by atoms with E-state index in [1.807, 2.05) is 0 Å². The molecule has 0 bridgehead atoms. The lowest BCUT2D eigenvalue weighted by molar-refractivity contribution is 0.298. The summed E-state index contributed by atoms with van der Waals surface area (Å²) in [4.78, 5) is 0. The van der Waals surface area contributed by atoms with Crippen molar-refractivity contribution in [3.63, 3.8) is 0 Å². The molecule has 1 unspecified atom stereocenters. The maximum atomic E-state index is 5.77. The van der Waals surface area contributed by atoms with Crippen molar-refractivity contribution >= 4 is 0 Å². The number of rotatable bonds is 8. The molecule has 0 fully saturated rings. The van der Waals surface area contributed by atoms with Crippen LogP contribution in [-0.2, 0) is 0 Å². The molecule has 0 radical (unpaired) electrons. The van der Waals surface area contributed by atoms with Gasteiger partial charge in [0.25, 0.3) is 0 Å². The molecule has 0 saturated carbocycles. The quantitative estimate of drug-likeness (QED) is 0.707. The zero-order valence-corrected chi connectivity index (χ0v) is 12.3. The molecule has 1 atom stereocenters. The maximum absolute atomic E-state index is 5.77. The van der Waals surface area contributed by atoms with Crippen LogP contribution in [0.4, 0.5) is 0 Å². The zero-order chi connectivity index (χ0) is 13.4. The topological polar surface area (TPSA) is 21.3 Å². The predicted molar refractivity (Wildman–Crippen MR) is 78.4 cm³/mol. The highest BCUT2D eigenvalue weighted by molar-refractivity contribution is 5.33. The molecular weight excluding hydrogens is 222 g/mol. The van der Waals surface area contributed by atoms with E-state index < -0.39 is 0 Å². The first-order valence-corrected chi connectivity index (χ1v) is 7.07. The van der Waals surface area contributed by atoms with Crippen molar-refractivity contribution in [2.24, 2.45) is 0 Å². The minimum Gasteiger partial charge on any atom is -0.494 e. The Morgan fingerprint density at radius 1 is 1.22 bits per heavy atom. The van der Waals surface area contributed by atoms with Gasteiger partial charge in [0.05, 0.1) is 6.61 Å². The summed E-state index contributed by atoms with van der Waals surface area (Å²) in [5, 5.41) is 3.49. The summed E-state index contributed by atoms with van der Waals surface area (Å²) in [7, 11) is 0. The Morgan fingerprint density at radius 3 is 2.67 bits per heavy atom. The van der Waals surface area contributed by atoms with Gasteiger partial charge in [-0.2, -0.15) is 0 Å². The third kappa shape index (κ3) is 5.54. The summed E-state index contributed by atoms with van der Waals surface area (Å²) >= 11 is 0. The third-order valence-electron chi connectivity index (χ3n) is 3.27. The molecule has 0 aliphatic rings. The van der Waals surface area contributed by atoms with Gasteiger partial charge in [-0.25, -0.2) is 0 Å². The van der Waals surface area contributed by atoms with Gasteiger partial charge in [-0.3, -0.25) is 0 Å². The molecule has 18 heavy (non-hydrogen) atoms. The molecule has 0 heterocycles. The van der Waals surface area contributed by atoms with Crippen molar-refractivity contribution in [3.8, 4) is 5.75 Å². The van der Waals surface area contributed by atoms with E-state index >= 15 is 0 Å². The van der Waals surface area contributed by atoms with Crippen LogP contribution in [0, 0.1) is 13.8 Å². The first-order valence-electron chi connectivity index (χ1n) is 7.07. The fraction of sp³-hybridized carbons (Fsp3) is 0.625. The van der Waals surface area contributed by atoms with Crippen LogP contribution >= 0.6 is 0 Å². The monoisotopic (exact) mass is 249 g/mol. The molecule has 1 aromatic carbocycles. The lowest BCUT2D eigenvalue weighted by atomic mass is 10.1. The summed E-state index contributed by atoms with van der Waals surface area (Å²) in [6, 6.07) is 6.89. The van der Waals surface area contributed by atoms with E-state index in [1.54, 1.807) is 0 Å². The fourth-order valence-electron chi connectivity index (χ4n) is 1.88. The molecule has 2 heteroatoms. The van der Waals surface area contributed by atoms with Crippen LogP contribution in [0.25, 0.3) is 0 Å². The Hall–Kier alpha value is -1.02. The Morgan fingerprint density at radius 2 is 2.00 bits per heavy atom. The molecule has 1 rings (SSSR count). The molecule has 0 spiro atoms. The van der Waals surface area contributed by atoms with Gasteiger partial charge < -0.3 is 10.1 Å². The van der Waals surface area contributed by atoms with Crippen LogP contribution in [-0.4, -0.2) is 19.2 Å². The zero-order valence-electron chi connectivity index (χ0n) is 12.3. The standard InChI is InChI=1S/C16H27NO/c1-5-10-17-15(4)7-6-11-18-16-9-8-13(2)14(3)12-16/h8-9,12,15,17H,5-7,10-11H2,1-4H3. The molecule has 1 N–H and O–H groups in total. The van der Waals surface area contributed by atoms with Crippen LogP contribution in [0.5, 0.6) is 5.75 Å². The highest BCUT2D eigenvalue weighted by Gasteiger charge is 2.01. The van der Waals surface area contributed by atoms with Gasteiger partial charge >= 0.3 is 0 Å². The Balaban J connectivity index is 2.19. The molecule has 2 nitrogen and oxygen atoms in total. The van der Waals surface area contributed by atoms with Crippen LogP contribution < -0.4 is 10.1 Å². The third-order valence-corrected chi connectivity index (χ3v) is 3.27. The second kappa shape index (κ2) is 8.15. The van der Waals surface area contributed by atoms with Crippen molar-refractivity contribution in [2.75, 3.05) is 13.2 Å². The second-order valence-electron chi connectivity index (χ2n) is 5.09. The highest BCUT2D eigenvalue weighted by Crippen LogP contribution is 2.16. The van der Waals surface area contributed by atoms with Crippen LogP contribution in [0.3, 0.4) is 0 Å². The summed E-state index contributed by atoms with van der Waals surface area (Å²) in [6.45, 7) is 10.6. The number of nitrogens with one attached hydrogen (secondary N) is 1. The van der Waals surface area contributed by atoms with E-state index in [0.717, 1.165) is 25.3 Å². The van der Waals surface area contributed by atoms with Gasteiger partial charge in [0, 0.05) is 6.04 Å². The van der Waals surface area contributed by atoms with Crippen molar-refractivity contribution in [1.82, 2.24) is 5.32 Å². The summed E-state index contributed by atoms with van der Waals surface area (Å²) in [5.74, 6) is 0.993. The van der Waals surface area contributed by atoms with Gasteiger partial charge in [-0.15, -0.1) is 0 Å². The molecule has 0 aliphatic heterocycles. The maximum Gasteiger partial charge on any atom is 0.119 e. The van der Waals surface area contributed by atoms with Gasteiger partial charge in [0.2, 0.25) is 0 Å². The molecule has 0 aliphatic carbocycles. The molecule has 1 aromatic rings. The molecule has 102 valence electrons. The van der Waals surface area contributed by atoms with Crippen molar-refractivity contribution in [1.29, 1.82) is 0 Å². The molecule has 0 aromatic heterocycles. The van der Waals surface area contributed by atoms with E-state index in [0.29, 0.717) is 6.04 Å². The van der Waals surface area contributed by atoms with E-state index in [1.165, 1.54) is 24.0 Å². The van der Waals surface area contributed by atoms with Crippen LogP contribution in [0.15, 0.2) is 18.2 Å². The van der Waals surface area contributed by atoms with Crippen molar-refractivity contribution < 1.29 is 4.74 Å². The SMILES string of the molecule is CCCNC(C)CCCOc1ccc(C)c(C)c1. The minimum absolute atomic E-state index is 0.591. The Bertz CT molecular complexity index is 349. The van der Waals surface area contributed by atoms with Gasteiger partial charge in [-0.05, 0) is 69.8 Å². The number of ether oxygens (including phenoxy) is 1. The van der Waals surface area contributed by atoms with Crippen molar-refractivity contribution in [3.05, 3.63) is 29.3 Å². The predicted octanol–water partition coefficient (Wildman–Crippen LogP) is 3.85. The number of hydrogen-bond donors (Lipinski definition) is 1. The normalized spacial score (nSPS) is 12.4. The summed E-state index contributed by atoms with van der Waals surface area (Å²) < 4.78 is 5.77. The van der Waals surface area contributed by atoms with E-state index in [2.05, 4.69) is 51.2 Å². The van der Waals surface area contributed by atoms with E-state index in [-0.39, 0.29) is 0 Å². The number of benzene rings is 1. The fourth-order valence-corrected chi connectivity index (χ4v) is 1.88. The number of aryl methyl sites for hydroxylation is 2. The Kier molecular flexibility index (Phi) is 6.81. The first kappa shape index (κ1) is 15.0. The van der Waals surface area contributed by atoms with Gasteiger partial charge in [-0.1, -0.05) is 13.0 Å². The Labute approximate surface area is 112 Å². The lowest BCUT2D eigenvalue weighted by Gasteiger charge is -2.13. The summed E-state index contributed by atoms with van der Waals surface area (Å²) in [6.07, 6.45) is 3.47. The highest BCUT2D eigenvalue weighted by atomic mass is 16.5. The van der Waals surface area contributed by atoms with E-state index in [9.17, 15) is 0 Å². The second-order valence-corrected chi connectivity index (χ2v) is 5.09. The molecular formula is C16H27NO. The van der Waals surface area contributed by atoms with Crippen LogP contribution in [0.2, 0.25) is 0 Å². The smallest absolute Gasteiger partial charge is 0.119 e. The van der Waals surface area contributed by atoms with E-state index in [4.69, 9.17) is 4.74 Å². The summed E-state index contributed by atoms with van der Waals surface area (Å²) in [5.41, 5.74) is 2.62. The van der Waals surface area contributed by atoms with Crippen molar-refractivity contribution in [2.45, 2.75) is 53.0 Å². The molecule has 0 saturated heterocycles. The average molecular weight is 249 g/mol. The van der Waals surface area contributed by atoms with Gasteiger partial charge in [0.15, 0.2) is 0 Å². The first-order chi connectivity index (χ1) is 8.63.